The standard InChI is InChI=1S/C12H18IN/c1-10(2)14(13)11(3)9-12-7-5-4-6-8-12/h4-8,10-11H,9H2,1-3H3. The van der Waals surface area contributed by atoms with Crippen LogP contribution in [0.15, 0.2) is 30.3 Å². The van der Waals surface area contributed by atoms with Gasteiger partial charge in [-0.3, -0.25) is 0 Å². The van der Waals surface area contributed by atoms with E-state index in [9.17, 15) is 0 Å². The monoisotopic (exact) mass is 303 g/mol. The molecule has 1 unspecified atom stereocenters. The van der Waals surface area contributed by atoms with Crippen LogP contribution in [0, 0.1) is 0 Å². The highest BCUT2D eigenvalue weighted by molar-refractivity contribution is 14.1. The number of benzene rings is 1. The van der Waals surface area contributed by atoms with Crippen LogP contribution in [0.2, 0.25) is 0 Å². The van der Waals surface area contributed by atoms with Crippen molar-refractivity contribution >= 4 is 22.9 Å². The minimum atomic E-state index is 0.595. The van der Waals surface area contributed by atoms with Crippen LogP contribution in [0.25, 0.3) is 0 Å². The van der Waals surface area contributed by atoms with Crippen molar-refractivity contribution in [3.05, 3.63) is 35.9 Å². The highest BCUT2D eigenvalue weighted by Crippen LogP contribution is 2.15. The van der Waals surface area contributed by atoms with Crippen molar-refractivity contribution < 1.29 is 0 Å². The maximum absolute atomic E-state index is 2.42. The van der Waals surface area contributed by atoms with Crippen molar-refractivity contribution in [1.82, 2.24) is 3.11 Å². The van der Waals surface area contributed by atoms with Gasteiger partial charge < -0.3 is 0 Å². The molecule has 0 saturated carbocycles. The van der Waals surface area contributed by atoms with Gasteiger partial charge in [-0.25, -0.2) is 3.11 Å². The largest absolute Gasteiger partial charge is 0.242 e. The van der Waals surface area contributed by atoms with Crippen LogP contribution >= 0.6 is 22.9 Å². The lowest BCUT2D eigenvalue weighted by atomic mass is 10.1. The van der Waals surface area contributed by atoms with Gasteiger partial charge in [-0.15, -0.1) is 0 Å². The van der Waals surface area contributed by atoms with Crippen molar-refractivity contribution in [3.8, 4) is 0 Å². The fourth-order valence-electron chi connectivity index (χ4n) is 1.55. The summed E-state index contributed by atoms with van der Waals surface area (Å²) in [6, 6.07) is 11.9. The van der Waals surface area contributed by atoms with Crippen molar-refractivity contribution in [3.63, 3.8) is 0 Å². The van der Waals surface area contributed by atoms with E-state index in [0.717, 1.165) is 6.42 Å². The van der Waals surface area contributed by atoms with Gasteiger partial charge in [0.15, 0.2) is 0 Å². The van der Waals surface area contributed by atoms with Gasteiger partial charge in [-0.1, -0.05) is 30.3 Å². The van der Waals surface area contributed by atoms with Crippen LogP contribution in [-0.4, -0.2) is 15.2 Å². The maximum Gasteiger partial charge on any atom is 0.0209 e. The van der Waals surface area contributed by atoms with Crippen LogP contribution < -0.4 is 0 Å². The van der Waals surface area contributed by atoms with Gasteiger partial charge >= 0.3 is 0 Å². The molecule has 0 spiro atoms. The Morgan fingerprint density at radius 2 is 1.71 bits per heavy atom. The third-order valence-electron chi connectivity index (χ3n) is 2.29. The van der Waals surface area contributed by atoms with Crippen LogP contribution in [0.5, 0.6) is 0 Å². The lowest BCUT2D eigenvalue weighted by Gasteiger charge is -2.26. The van der Waals surface area contributed by atoms with Crippen LogP contribution in [0.4, 0.5) is 0 Å². The first-order chi connectivity index (χ1) is 6.61. The zero-order valence-corrected chi connectivity index (χ0v) is 11.2. The van der Waals surface area contributed by atoms with E-state index in [4.69, 9.17) is 0 Å². The van der Waals surface area contributed by atoms with Gasteiger partial charge in [-0.2, -0.15) is 0 Å². The highest BCUT2D eigenvalue weighted by Gasteiger charge is 2.13. The average molecular weight is 303 g/mol. The lowest BCUT2D eigenvalue weighted by molar-refractivity contribution is 0.346. The lowest BCUT2D eigenvalue weighted by Crippen LogP contribution is -2.31. The Labute approximate surface area is 101 Å². The topological polar surface area (TPSA) is 3.24 Å². The molecule has 0 aromatic heterocycles. The molecule has 1 rings (SSSR count). The SMILES string of the molecule is CC(C)N(I)C(C)Cc1ccccc1. The highest BCUT2D eigenvalue weighted by atomic mass is 127. The molecule has 0 aliphatic heterocycles. The zero-order chi connectivity index (χ0) is 10.6. The normalized spacial score (nSPS) is 13.6. The van der Waals surface area contributed by atoms with Crippen molar-refractivity contribution in [2.24, 2.45) is 0 Å². The molecule has 0 bridgehead atoms. The van der Waals surface area contributed by atoms with Gasteiger partial charge in [0.05, 0.1) is 0 Å². The molecule has 0 aliphatic rings. The van der Waals surface area contributed by atoms with E-state index >= 15 is 0 Å². The first-order valence-electron chi connectivity index (χ1n) is 5.09. The number of halogens is 1. The van der Waals surface area contributed by atoms with E-state index < -0.39 is 0 Å². The Bertz CT molecular complexity index is 258. The van der Waals surface area contributed by atoms with E-state index in [2.05, 4.69) is 77.1 Å². The molecule has 2 heteroatoms. The summed E-state index contributed by atoms with van der Waals surface area (Å²) in [6.45, 7) is 6.74. The van der Waals surface area contributed by atoms with E-state index in [0.29, 0.717) is 12.1 Å². The van der Waals surface area contributed by atoms with Gasteiger partial charge in [0.25, 0.3) is 0 Å². The van der Waals surface area contributed by atoms with E-state index in [1.165, 1.54) is 5.56 Å². The number of rotatable bonds is 4. The summed E-state index contributed by atoms with van der Waals surface area (Å²) in [5.74, 6) is 0. The summed E-state index contributed by atoms with van der Waals surface area (Å²) in [5, 5.41) is 0. The second-order valence-electron chi connectivity index (χ2n) is 3.98. The quantitative estimate of drug-likeness (QED) is 0.606. The molecule has 78 valence electrons. The Morgan fingerprint density at radius 3 is 2.21 bits per heavy atom. The molecule has 14 heavy (non-hydrogen) atoms. The number of hydrogen-bond acceptors (Lipinski definition) is 1. The minimum Gasteiger partial charge on any atom is -0.242 e. The molecule has 0 saturated heterocycles. The first-order valence-corrected chi connectivity index (χ1v) is 6.05. The van der Waals surface area contributed by atoms with Crippen molar-refractivity contribution in [2.45, 2.75) is 39.3 Å². The van der Waals surface area contributed by atoms with E-state index in [-0.39, 0.29) is 0 Å². The van der Waals surface area contributed by atoms with Gasteiger partial charge in [0, 0.05) is 34.9 Å². The Hall–Kier alpha value is -0.0900. The summed E-state index contributed by atoms with van der Waals surface area (Å²) in [6.07, 6.45) is 1.13. The Morgan fingerprint density at radius 1 is 1.14 bits per heavy atom. The van der Waals surface area contributed by atoms with Crippen LogP contribution in [0.1, 0.15) is 26.3 Å². The minimum absolute atomic E-state index is 0.595. The van der Waals surface area contributed by atoms with Crippen LogP contribution in [0.3, 0.4) is 0 Å². The Balaban J connectivity index is 2.53. The molecular weight excluding hydrogens is 285 g/mol. The molecular formula is C12H18IN. The van der Waals surface area contributed by atoms with E-state index in [1.54, 1.807) is 0 Å². The summed E-state index contributed by atoms with van der Waals surface area (Å²) in [7, 11) is 0. The molecule has 1 nitrogen and oxygen atoms in total. The van der Waals surface area contributed by atoms with E-state index in [1.807, 2.05) is 0 Å². The van der Waals surface area contributed by atoms with Crippen molar-refractivity contribution in [2.75, 3.05) is 0 Å². The predicted molar refractivity (Wildman–Crippen MR) is 70.6 cm³/mol. The molecule has 0 N–H and O–H groups in total. The Kier molecular flexibility index (Phi) is 4.89. The molecule has 0 radical (unpaired) electrons. The smallest absolute Gasteiger partial charge is 0.0209 e. The molecule has 1 aromatic rings. The summed E-state index contributed by atoms with van der Waals surface area (Å²) in [5.41, 5.74) is 1.42. The summed E-state index contributed by atoms with van der Waals surface area (Å²) < 4.78 is 2.38. The zero-order valence-electron chi connectivity index (χ0n) is 9.07. The molecule has 0 aliphatic carbocycles. The molecule has 0 heterocycles. The third kappa shape index (κ3) is 3.58. The van der Waals surface area contributed by atoms with Crippen molar-refractivity contribution in [1.29, 1.82) is 0 Å². The van der Waals surface area contributed by atoms with Crippen LogP contribution in [-0.2, 0) is 6.42 Å². The first kappa shape index (κ1) is 12.0. The molecule has 0 amide bonds. The van der Waals surface area contributed by atoms with Gasteiger partial charge in [0.2, 0.25) is 0 Å². The van der Waals surface area contributed by atoms with Gasteiger partial charge in [-0.05, 0) is 32.8 Å². The summed E-state index contributed by atoms with van der Waals surface area (Å²) in [4.78, 5) is 0. The molecule has 1 atom stereocenters. The van der Waals surface area contributed by atoms with Gasteiger partial charge in [0.1, 0.15) is 0 Å². The fraction of sp³-hybridized carbons (Fsp3) is 0.500. The number of nitrogens with zero attached hydrogens (tertiary/aromatic N) is 1. The molecule has 1 aromatic carbocycles. The molecule has 0 fully saturated rings. The third-order valence-corrected chi connectivity index (χ3v) is 4.35. The second kappa shape index (κ2) is 5.71. The fourth-order valence-corrected chi connectivity index (χ4v) is 1.75. The second-order valence-corrected chi connectivity index (χ2v) is 5.09. The maximum atomic E-state index is 2.42. The number of hydrogen-bond donors (Lipinski definition) is 0. The summed E-state index contributed by atoms with van der Waals surface area (Å²) >= 11 is 2.42. The predicted octanol–water partition coefficient (Wildman–Crippen LogP) is 3.68. The average Bonchev–Trinajstić information content (AvgIpc) is 2.18.